The Labute approximate surface area is 260 Å². The Balaban J connectivity index is 1.62. The van der Waals surface area contributed by atoms with E-state index in [9.17, 15) is 22.8 Å². The van der Waals surface area contributed by atoms with Crippen LogP contribution >= 0.6 is 30.7 Å². The SMILES string of the molecule is C=CC(F)(F)c1cc(/C(C)=C/C=C\C(=C)/C=C2\CC(=S)N(CCCCc3ccc(C(=O)O)cc3)C2=O)cc(C(F)(P)P)c1. The van der Waals surface area contributed by atoms with Gasteiger partial charge in [-0.2, -0.15) is 8.78 Å². The van der Waals surface area contributed by atoms with Gasteiger partial charge in [0.15, 0.2) is 5.15 Å². The number of nitrogens with zero attached hydrogens (tertiary/aromatic N) is 1. The van der Waals surface area contributed by atoms with Crippen molar-refractivity contribution < 1.29 is 27.9 Å². The second-order valence-corrected chi connectivity index (χ2v) is 13.2. The number of hydrogen-bond donors (Lipinski definition) is 1. The van der Waals surface area contributed by atoms with E-state index in [0.29, 0.717) is 46.3 Å². The Morgan fingerprint density at radius 3 is 2.35 bits per heavy atom. The van der Waals surface area contributed by atoms with Crippen molar-refractivity contribution in [2.45, 2.75) is 43.7 Å². The summed E-state index contributed by atoms with van der Waals surface area (Å²) in [4.78, 5) is 26.1. The molecular formula is C33H34F3NO3P2S. The van der Waals surface area contributed by atoms with Gasteiger partial charge in [0.25, 0.3) is 11.8 Å². The molecule has 0 aliphatic carbocycles. The maximum atomic E-state index is 14.6. The van der Waals surface area contributed by atoms with E-state index in [1.807, 2.05) is 18.5 Å². The van der Waals surface area contributed by atoms with Gasteiger partial charge in [0.05, 0.1) is 10.6 Å². The van der Waals surface area contributed by atoms with Gasteiger partial charge < -0.3 is 10.0 Å². The number of allylic oxidation sites excluding steroid dienone is 7. The predicted molar refractivity (Wildman–Crippen MR) is 178 cm³/mol. The summed E-state index contributed by atoms with van der Waals surface area (Å²) in [5, 5.41) is 7.04. The number of carboxylic acids is 1. The number of aryl methyl sites for hydroxylation is 1. The molecule has 4 nitrogen and oxygen atoms in total. The smallest absolute Gasteiger partial charge is 0.335 e. The molecule has 3 rings (SSSR count). The normalized spacial score (nSPS) is 15.5. The number of benzene rings is 2. The van der Waals surface area contributed by atoms with Gasteiger partial charge in [-0.15, -0.1) is 0 Å². The van der Waals surface area contributed by atoms with Gasteiger partial charge in [0.2, 0.25) is 0 Å². The minimum absolute atomic E-state index is 0.0667. The fraction of sp³-hybridized carbons (Fsp3) is 0.242. The number of carbonyl (C=O) groups excluding carboxylic acids is 1. The summed E-state index contributed by atoms with van der Waals surface area (Å²) in [7, 11) is 3.98. The number of likely N-dealkylation sites (tertiary alicyclic amines) is 1. The largest absolute Gasteiger partial charge is 0.478 e. The lowest BCUT2D eigenvalue weighted by Gasteiger charge is -2.20. The Kier molecular flexibility index (Phi) is 11.6. The number of carbonyl (C=O) groups is 2. The van der Waals surface area contributed by atoms with Crippen LogP contribution in [0, 0.1) is 0 Å². The number of thiocarbonyl (C=S) groups is 1. The highest BCUT2D eigenvalue weighted by molar-refractivity contribution is 7.80. The zero-order chi connectivity index (χ0) is 31.9. The number of rotatable bonds is 13. The van der Waals surface area contributed by atoms with Crippen LogP contribution in [0.2, 0.25) is 0 Å². The minimum atomic E-state index is -3.32. The predicted octanol–water partition coefficient (Wildman–Crippen LogP) is 8.52. The quantitative estimate of drug-likeness (QED) is 0.0594. The molecule has 2 aromatic carbocycles. The Hall–Kier alpha value is -3.18. The Morgan fingerprint density at radius 2 is 1.74 bits per heavy atom. The summed E-state index contributed by atoms with van der Waals surface area (Å²) in [6.07, 6.45) is 9.95. The average molecular weight is 644 g/mol. The second kappa shape index (κ2) is 14.5. The zero-order valence-corrected chi connectivity index (χ0v) is 26.9. The van der Waals surface area contributed by atoms with Gasteiger partial charge in [0.1, 0.15) is 0 Å². The second-order valence-electron chi connectivity index (χ2n) is 10.3. The molecule has 1 amide bonds. The van der Waals surface area contributed by atoms with E-state index >= 15 is 0 Å². The Bertz CT molecular complexity index is 1520. The van der Waals surface area contributed by atoms with Crippen molar-refractivity contribution in [3.8, 4) is 0 Å². The maximum absolute atomic E-state index is 14.6. The van der Waals surface area contributed by atoms with Crippen LogP contribution in [0.4, 0.5) is 13.2 Å². The highest BCUT2D eigenvalue weighted by atomic mass is 32.1. The maximum Gasteiger partial charge on any atom is 0.335 e. The molecule has 1 saturated heterocycles. The van der Waals surface area contributed by atoms with Gasteiger partial charge in [-0.25, -0.2) is 9.18 Å². The average Bonchev–Trinajstić information content (AvgIpc) is 3.21. The van der Waals surface area contributed by atoms with Crippen molar-refractivity contribution in [1.29, 1.82) is 0 Å². The summed E-state index contributed by atoms with van der Waals surface area (Å²) in [5.41, 5.74) is 3.13. The number of hydrogen-bond acceptors (Lipinski definition) is 3. The summed E-state index contributed by atoms with van der Waals surface area (Å²) < 4.78 is 43.3. The van der Waals surface area contributed by atoms with Crippen molar-refractivity contribution in [1.82, 2.24) is 4.90 Å². The molecule has 0 aromatic heterocycles. The summed E-state index contributed by atoms with van der Waals surface area (Å²) in [6.45, 7) is 9.41. The van der Waals surface area contributed by atoms with Crippen molar-refractivity contribution in [3.63, 3.8) is 0 Å². The van der Waals surface area contributed by atoms with Gasteiger partial charge in [-0.05, 0) is 96.5 Å². The van der Waals surface area contributed by atoms with Crippen molar-refractivity contribution >= 4 is 53.1 Å². The lowest BCUT2D eigenvalue weighted by Crippen LogP contribution is -2.29. The summed E-state index contributed by atoms with van der Waals surface area (Å²) >= 11 is 5.45. The molecule has 1 fully saturated rings. The molecule has 43 heavy (non-hydrogen) atoms. The summed E-state index contributed by atoms with van der Waals surface area (Å²) in [6, 6.07) is 10.7. The number of alkyl halides is 3. The standard InChI is InChI=1S/C33H34F3NO3P2S/c1-4-32(34,35)27-17-25(18-28(20-27)33(36,41)42)22(3)9-7-8-21(2)16-26-19-29(43)37(30(26)38)15-6-5-10-23-11-13-24(14-12-23)31(39)40/h4,7-9,11-14,16-18,20H,1-2,5-6,10,15,19,41-42H2,3H3,(H,39,40)/b8-7-,22-9+,26-16+. The lowest BCUT2D eigenvalue weighted by molar-refractivity contribution is -0.122. The molecule has 2 atom stereocenters. The molecule has 0 radical (unpaired) electrons. The molecule has 1 N–H and O–H groups in total. The first-order valence-electron chi connectivity index (χ1n) is 13.5. The van der Waals surface area contributed by atoms with Crippen LogP contribution in [-0.2, 0) is 22.3 Å². The van der Waals surface area contributed by atoms with E-state index in [2.05, 4.69) is 13.2 Å². The first-order valence-corrected chi connectivity index (χ1v) is 15.0. The van der Waals surface area contributed by atoms with Crippen LogP contribution in [0.25, 0.3) is 5.57 Å². The number of amides is 1. The van der Waals surface area contributed by atoms with Crippen LogP contribution in [-0.4, -0.2) is 33.4 Å². The molecule has 1 heterocycles. The van der Waals surface area contributed by atoms with E-state index in [-0.39, 0.29) is 22.6 Å². The molecule has 1 aliphatic heterocycles. The monoisotopic (exact) mass is 643 g/mol. The minimum Gasteiger partial charge on any atom is -0.478 e. The summed E-state index contributed by atoms with van der Waals surface area (Å²) in [5.74, 6) is -4.44. The molecule has 0 bridgehead atoms. The van der Waals surface area contributed by atoms with Gasteiger partial charge >= 0.3 is 5.97 Å². The third kappa shape index (κ3) is 9.40. The van der Waals surface area contributed by atoms with E-state index in [0.717, 1.165) is 30.9 Å². The fourth-order valence-electron chi connectivity index (χ4n) is 4.44. The number of unbranched alkanes of at least 4 members (excludes halogenated alkanes) is 1. The van der Waals surface area contributed by atoms with Crippen molar-refractivity contribution in [2.24, 2.45) is 0 Å². The van der Waals surface area contributed by atoms with Crippen LogP contribution in [0.3, 0.4) is 0 Å². The van der Waals surface area contributed by atoms with Gasteiger partial charge in [-0.3, -0.25) is 4.79 Å². The van der Waals surface area contributed by atoms with Crippen molar-refractivity contribution in [3.05, 3.63) is 125 Å². The van der Waals surface area contributed by atoms with E-state index in [1.165, 1.54) is 12.1 Å². The molecule has 0 spiro atoms. The van der Waals surface area contributed by atoms with Crippen LogP contribution in [0.1, 0.15) is 58.8 Å². The topological polar surface area (TPSA) is 57.6 Å². The van der Waals surface area contributed by atoms with Crippen LogP contribution in [0.5, 0.6) is 0 Å². The molecule has 0 saturated carbocycles. The third-order valence-corrected chi connectivity index (χ3v) is 7.98. The third-order valence-electron chi connectivity index (χ3n) is 6.95. The molecular weight excluding hydrogens is 609 g/mol. The zero-order valence-electron chi connectivity index (χ0n) is 23.8. The molecule has 2 unspecified atom stereocenters. The highest BCUT2D eigenvalue weighted by Gasteiger charge is 2.31. The van der Waals surface area contributed by atoms with Crippen molar-refractivity contribution in [2.75, 3.05) is 6.54 Å². The first kappa shape index (κ1) is 34.3. The number of carboxylic acid groups (broad SMARTS) is 1. The molecule has 1 aliphatic rings. The highest BCUT2D eigenvalue weighted by Crippen LogP contribution is 2.43. The van der Waals surface area contributed by atoms with E-state index in [4.69, 9.17) is 17.3 Å². The number of halogens is 3. The van der Waals surface area contributed by atoms with Gasteiger partial charge in [0, 0.05) is 24.1 Å². The fourth-order valence-corrected chi connectivity index (χ4v) is 5.11. The van der Waals surface area contributed by atoms with Crippen LogP contribution in [0.15, 0.2) is 97.1 Å². The molecule has 10 heteroatoms. The lowest BCUT2D eigenvalue weighted by atomic mass is 9.97. The van der Waals surface area contributed by atoms with E-state index < -0.39 is 17.0 Å². The number of aromatic carboxylic acids is 1. The van der Waals surface area contributed by atoms with E-state index in [1.54, 1.807) is 60.4 Å². The van der Waals surface area contributed by atoms with Crippen LogP contribution < -0.4 is 0 Å². The Morgan fingerprint density at radius 1 is 1.09 bits per heavy atom. The molecule has 2 aromatic rings. The first-order chi connectivity index (χ1) is 20.1. The molecule has 226 valence electrons. The van der Waals surface area contributed by atoms with Gasteiger partial charge in [-0.1, -0.05) is 74.2 Å².